The molecule has 2 aromatic rings. The first-order valence-electron chi connectivity index (χ1n) is 10.9. The summed E-state index contributed by atoms with van der Waals surface area (Å²) in [6, 6.07) is 21.6. The van der Waals surface area contributed by atoms with Crippen molar-refractivity contribution in [3.05, 3.63) is 72.9 Å². The van der Waals surface area contributed by atoms with E-state index in [4.69, 9.17) is 9.16 Å². The molecule has 30 heavy (non-hydrogen) atoms. The van der Waals surface area contributed by atoms with Crippen LogP contribution in [0, 0.1) is 0 Å². The maximum absolute atomic E-state index is 7.03. The van der Waals surface area contributed by atoms with Crippen molar-refractivity contribution in [2.24, 2.45) is 4.99 Å². The van der Waals surface area contributed by atoms with Crippen LogP contribution in [0.15, 0.2) is 77.9 Å². The monoisotopic (exact) mass is 420 g/mol. The highest BCUT2D eigenvalue weighted by atomic mass is 28.4. The van der Waals surface area contributed by atoms with Crippen LogP contribution >= 0.6 is 0 Å². The molecular weight excluding hydrogens is 388 g/mol. The van der Waals surface area contributed by atoms with Crippen LogP contribution in [0.3, 0.4) is 0 Å². The Morgan fingerprint density at radius 3 is 2.17 bits per heavy atom. The minimum Gasteiger partial charge on any atom is -0.405 e. The predicted octanol–water partition coefficient (Wildman–Crippen LogP) is 3.93. The molecule has 2 aliphatic heterocycles. The van der Waals surface area contributed by atoms with Crippen LogP contribution in [0.2, 0.25) is 5.04 Å². The van der Waals surface area contributed by atoms with Gasteiger partial charge in [-0.05, 0) is 34.3 Å². The second-order valence-corrected chi connectivity index (χ2v) is 13.4. The molecule has 0 radical (unpaired) electrons. The van der Waals surface area contributed by atoms with Gasteiger partial charge in [0.05, 0.1) is 19.0 Å². The second kappa shape index (κ2) is 8.88. The summed E-state index contributed by atoms with van der Waals surface area (Å²) in [5, 5.41) is 2.61. The van der Waals surface area contributed by atoms with Gasteiger partial charge in [0.1, 0.15) is 6.23 Å². The number of benzene rings is 2. The predicted molar refractivity (Wildman–Crippen MR) is 126 cm³/mol. The lowest BCUT2D eigenvalue weighted by Crippen LogP contribution is -2.67. The van der Waals surface area contributed by atoms with Crippen LogP contribution in [0.4, 0.5) is 0 Å². The lowest BCUT2D eigenvalue weighted by atomic mass is 10.2. The molecule has 4 rings (SSSR count). The first-order valence-corrected chi connectivity index (χ1v) is 12.8. The number of aliphatic imine (C=N–C) groups is 1. The fourth-order valence-corrected chi connectivity index (χ4v) is 9.22. The first-order chi connectivity index (χ1) is 14.5. The number of hydrogen-bond acceptors (Lipinski definition) is 4. The fraction of sp³-hybridized carbons (Fsp3) is 0.400. The van der Waals surface area contributed by atoms with Crippen molar-refractivity contribution >= 4 is 25.0 Å². The summed E-state index contributed by atoms with van der Waals surface area (Å²) < 4.78 is 13.4. The van der Waals surface area contributed by atoms with Crippen LogP contribution in [-0.2, 0) is 9.16 Å². The Morgan fingerprint density at radius 1 is 1.00 bits per heavy atom. The van der Waals surface area contributed by atoms with Gasteiger partial charge < -0.3 is 14.1 Å². The Labute approximate surface area is 181 Å². The Bertz CT molecular complexity index is 838. The zero-order valence-electron chi connectivity index (χ0n) is 18.2. The molecule has 1 fully saturated rings. The lowest BCUT2D eigenvalue weighted by molar-refractivity contribution is -0.0349. The number of nitrogens with zero attached hydrogens (tertiary/aromatic N) is 2. The summed E-state index contributed by atoms with van der Waals surface area (Å²) in [6.07, 6.45) is 8.01. The molecule has 0 amide bonds. The van der Waals surface area contributed by atoms with E-state index in [9.17, 15) is 0 Å². The van der Waals surface area contributed by atoms with E-state index in [0.717, 1.165) is 19.4 Å². The van der Waals surface area contributed by atoms with E-state index in [1.54, 1.807) is 0 Å². The van der Waals surface area contributed by atoms with E-state index in [0.29, 0.717) is 6.61 Å². The Kier molecular flexibility index (Phi) is 6.23. The minimum absolute atomic E-state index is 0.0158. The molecule has 1 saturated heterocycles. The van der Waals surface area contributed by atoms with E-state index in [1.165, 1.54) is 10.4 Å². The zero-order valence-corrected chi connectivity index (χ0v) is 19.2. The Morgan fingerprint density at radius 2 is 1.63 bits per heavy atom. The Balaban J connectivity index is 1.58. The van der Waals surface area contributed by atoms with E-state index < -0.39 is 8.32 Å². The van der Waals surface area contributed by atoms with Crippen molar-refractivity contribution in [1.29, 1.82) is 0 Å². The fourth-order valence-electron chi connectivity index (χ4n) is 4.63. The van der Waals surface area contributed by atoms with Gasteiger partial charge in [0.2, 0.25) is 0 Å². The van der Waals surface area contributed by atoms with Gasteiger partial charge in [-0.2, -0.15) is 0 Å². The van der Waals surface area contributed by atoms with Crippen LogP contribution in [0.25, 0.3) is 0 Å². The highest BCUT2D eigenvalue weighted by molar-refractivity contribution is 6.99. The molecule has 0 unspecified atom stereocenters. The largest absolute Gasteiger partial charge is 0.405 e. The van der Waals surface area contributed by atoms with E-state index in [-0.39, 0.29) is 17.4 Å². The summed E-state index contributed by atoms with van der Waals surface area (Å²) in [4.78, 5) is 6.41. The minimum atomic E-state index is -2.51. The number of ether oxygens (including phenoxy) is 1. The van der Waals surface area contributed by atoms with Crippen molar-refractivity contribution in [2.45, 2.75) is 51.0 Å². The van der Waals surface area contributed by atoms with E-state index >= 15 is 0 Å². The topological polar surface area (TPSA) is 34.1 Å². The van der Waals surface area contributed by atoms with Gasteiger partial charge in [-0.15, -0.1) is 0 Å². The molecule has 2 aromatic carbocycles. The smallest absolute Gasteiger partial charge is 0.261 e. The highest BCUT2D eigenvalue weighted by Crippen LogP contribution is 2.37. The van der Waals surface area contributed by atoms with Crippen molar-refractivity contribution in [3.63, 3.8) is 0 Å². The van der Waals surface area contributed by atoms with Gasteiger partial charge in [-0.25, -0.2) is 4.99 Å². The maximum Gasteiger partial charge on any atom is 0.261 e. The molecule has 0 N–H and O–H groups in total. The third-order valence-electron chi connectivity index (χ3n) is 6.08. The molecule has 0 aliphatic carbocycles. The van der Waals surface area contributed by atoms with Crippen molar-refractivity contribution in [1.82, 2.24) is 4.90 Å². The molecule has 5 heteroatoms. The molecule has 0 spiro atoms. The van der Waals surface area contributed by atoms with E-state index in [2.05, 4.69) is 97.4 Å². The van der Waals surface area contributed by atoms with E-state index in [1.807, 2.05) is 12.5 Å². The zero-order chi connectivity index (χ0) is 21.0. The molecular formula is C25H32N2O2Si. The highest BCUT2D eigenvalue weighted by Gasteiger charge is 2.50. The first kappa shape index (κ1) is 21.0. The van der Waals surface area contributed by atoms with Gasteiger partial charge in [-0.3, -0.25) is 0 Å². The summed E-state index contributed by atoms with van der Waals surface area (Å²) in [5.41, 5.74) is 0. The maximum atomic E-state index is 7.03. The van der Waals surface area contributed by atoms with Crippen molar-refractivity contribution < 1.29 is 9.16 Å². The Hall–Kier alpha value is -2.21. The van der Waals surface area contributed by atoms with Gasteiger partial charge in [0.15, 0.2) is 0 Å². The normalized spacial score (nSPS) is 21.9. The third-order valence-corrected chi connectivity index (χ3v) is 11.1. The molecule has 2 atom stereocenters. The molecule has 2 aliphatic rings. The van der Waals surface area contributed by atoms with Gasteiger partial charge in [0, 0.05) is 12.7 Å². The van der Waals surface area contributed by atoms with Crippen molar-refractivity contribution in [2.75, 3.05) is 13.2 Å². The average molecular weight is 421 g/mol. The quantitative estimate of drug-likeness (QED) is 0.664. The average Bonchev–Trinajstić information content (AvgIpc) is 3.25. The number of rotatable bonds is 6. The molecule has 158 valence electrons. The van der Waals surface area contributed by atoms with Crippen LogP contribution in [-0.4, -0.2) is 45.0 Å². The summed E-state index contributed by atoms with van der Waals surface area (Å²) in [7, 11) is -2.51. The van der Waals surface area contributed by atoms with Crippen LogP contribution < -0.4 is 10.4 Å². The summed E-state index contributed by atoms with van der Waals surface area (Å²) in [6.45, 7) is 8.41. The molecule has 4 nitrogen and oxygen atoms in total. The van der Waals surface area contributed by atoms with Gasteiger partial charge in [0.25, 0.3) is 8.32 Å². The SMILES string of the molecule is CC(C)(C)[Si](OC[C@@H]1CC[C@@H](N2C=NC=CC2)O1)(c1ccccc1)c1ccccc1. The standard InChI is InChI=1S/C25H32N2O2Si/c1-25(2,3)30(22-11-6-4-7-12-22,23-13-8-5-9-14-23)28-19-21-15-16-24(29-21)27-18-10-17-26-20-27/h4-14,17,20-21,24H,15-16,18-19H2,1-3H3/t21-,24-/m0/s1. The van der Waals surface area contributed by atoms with Crippen LogP contribution in [0.1, 0.15) is 33.6 Å². The summed E-state index contributed by atoms with van der Waals surface area (Å²) in [5.74, 6) is 0. The lowest BCUT2D eigenvalue weighted by Gasteiger charge is -2.43. The molecule has 0 aromatic heterocycles. The molecule has 0 saturated carbocycles. The van der Waals surface area contributed by atoms with Crippen LogP contribution in [0.5, 0.6) is 0 Å². The third kappa shape index (κ3) is 4.15. The van der Waals surface area contributed by atoms with Gasteiger partial charge >= 0.3 is 0 Å². The molecule has 0 bridgehead atoms. The second-order valence-electron chi connectivity index (χ2n) is 9.11. The van der Waals surface area contributed by atoms with Gasteiger partial charge in [-0.1, -0.05) is 81.4 Å². The number of hydrogen-bond donors (Lipinski definition) is 0. The summed E-state index contributed by atoms with van der Waals surface area (Å²) >= 11 is 0. The van der Waals surface area contributed by atoms with Crippen molar-refractivity contribution in [3.8, 4) is 0 Å². The molecule has 2 heterocycles.